The highest BCUT2D eigenvalue weighted by Crippen LogP contribution is 2.30. The Morgan fingerprint density at radius 2 is 1.67 bits per heavy atom. The molecule has 0 amide bonds. The van der Waals surface area contributed by atoms with Gasteiger partial charge in [-0.15, -0.1) is 0 Å². The second-order valence-electron chi connectivity index (χ2n) is 6.71. The van der Waals surface area contributed by atoms with Crippen molar-refractivity contribution in [1.29, 1.82) is 0 Å². The fraction of sp³-hybridized carbons (Fsp3) is 0.0455. The van der Waals surface area contributed by atoms with E-state index < -0.39 is 11.9 Å². The molecule has 8 nitrogen and oxygen atoms in total. The van der Waals surface area contributed by atoms with Crippen LogP contribution in [0.4, 0.5) is 5.69 Å². The summed E-state index contributed by atoms with van der Waals surface area (Å²) >= 11 is 0. The average molecular weight is 402 g/mol. The Kier molecular flexibility index (Phi) is 4.59. The van der Waals surface area contributed by atoms with E-state index in [-0.39, 0.29) is 21.7 Å². The summed E-state index contributed by atoms with van der Waals surface area (Å²) in [5, 5.41) is 23.7. The molecule has 30 heavy (non-hydrogen) atoms. The van der Waals surface area contributed by atoms with Gasteiger partial charge < -0.3 is 5.11 Å². The fourth-order valence-corrected chi connectivity index (χ4v) is 3.40. The molecule has 148 valence electrons. The number of benzene rings is 3. The Morgan fingerprint density at radius 3 is 2.33 bits per heavy atom. The number of aromatic nitrogens is 2. The molecule has 4 aromatic rings. The van der Waals surface area contributed by atoms with Gasteiger partial charge in [0.1, 0.15) is 11.3 Å². The lowest BCUT2D eigenvalue weighted by Crippen LogP contribution is -2.17. The minimum atomic E-state index is -1.04. The SMILES string of the molecule is Cc1cccc([N+](=O)O)c1C(=O)n1nc(-c2ccc(C(=O)O)cc2)c2ccccc21. The summed E-state index contributed by atoms with van der Waals surface area (Å²) in [6.45, 7) is 1.66. The Labute approximate surface area is 170 Å². The molecule has 1 heterocycles. The molecule has 0 saturated carbocycles. The summed E-state index contributed by atoms with van der Waals surface area (Å²) in [6, 6.07) is 17.9. The second kappa shape index (κ2) is 7.25. The largest absolute Gasteiger partial charge is 0.478 e. The van der Waals surface area contributed by atoms with E-state index in [0.29, 0.717) is 27.7 Å². The van der Waals surface area contributed by atoms with Gasteiger partial charge in [0, 0.05) is 17.0 Å². The number of para-hydroxylation sites is 1. The van der Waals surface area contributed by atoms with Crippen LogP contribution in [0, 0.1) is 11.8 Å². The number of hydrogen-bond donors (Lipinski definition) is 2. The summed E-state index contributed by atoms with van der Waals surface area (Å²) in [6.07, 6.45) is 0. The maximum absolute atomic E-state index is 13.3. The van der Waals surface area contributed by atoms with Crippen LogP contribution in [-0.2, 0) is 0 Å². The van der Waals surface area contributed by atoms with E-state index in [1.165, 1.54) is 22.9 Å². The third-order valence-electron chi connectivity index (χ3n) is 4.86. The Hall–Kier alpha value is -4.33. The van der Waals surface area contributed by atoms with Crippen LogP contribution in [0.25, 0.3) is 22.2 Å². The summed E-state index contributed by atoms with van der Waals surface area (Å²) in [7, 11) is 0. The normalized spacial score (nSPS) is 10.8. The van der Waals surface area contributed by atoms with Gasteiger partial charge in [0.25, 0.3) is 10.8 Å². The highest BCUT2D eigenvalue weighted by Gasteiger charge is 2.29. The quantitative estimate of drug-likeness (QED) is 0.495. The molecule has 0 saturated heterocycles. The van der Waals surface area contributed by atoms with Crippen LogP contribution in [0.15, 0.2) is 66.7 Å². The van der Waals surface area contributed by atoms with Gasteiger partial charge in [-0.3, -0.25) is 4.79 Å². The fourth-order valence-electron chi connectivity index (χ4n) is 3.40. The van der Waals surface area contributed by atoms with Crippen LogP contribution in [0.1, 0.15) is 26.3 Å². The number of aromatic carboxylic acids is 1. The van der Waals surface area contributed by atoms with Crippen LogP contribution in [0.2, 0.25) is 0 Å². The molecule has 0 radical (unpaired) electrons. The van der Waals surface area contributed by atoms with E-state index in [2.05, 4.69) is 5.10 Å². The molecule has 0 unspecified atom stereocenters. The lowest BCUT2D eigenvalue weighted by atomic mass is 10.1. The summed E-state index contributed by atoms with van der Waals surface area (Å²) < 4.78 is 1.19. The van der Waals surface area contributed by atoms with Crippen LogP contribution in [-0.4, -0.2) is 36.9 Å². The first-order valence-corrected chi connectivity index (χ1v) is 9.00. The highest BCUT2D eigenvalue weighted by molar-refractivity contribution is 6.07. The number of carbonyl (C=O) groups is 2. The van der Waals surface area contributed by atoms with E-state index in [4.69, 9.17) is 5.11 Å². The molecule has 3 aromatic carbocycles. The van der Waals surface area contributed by atoms with E-state index in [1.54, 1.807) is 55.5 Å². The van der Waals surface area contributed by atoms with Gasteiger partial charge in [0.15, 0.2) is 0 Å². The number of carboxylic acid groups (broad SMARTS) is 1. The van der Waals surface area contributed by atoms with Gasteiger partial charge >= 0.3 is 11.7 Å². The molecule has 4 rings (SSSR count). The third kappa shape index (κ3) is 3.10. The van der Waals surface area contributed by atoms with Crippen molar-refractivity contribution in [2.24, 2.45) is 0 Å². The molecular formula is C22H16N3O5+. The van der Waals surface area contributed by atoms with Crippen molar-refractivity contribution in [2.45, 2.75) is 6.92 Å². The molecular weight excluding hydrogens is 386 g/mol. The predicted octanol–water partition coefficient (Wildman–Crippen LogP) is 4.20. The van der Waals surface area contributed by atoms with Crippen molar-refractivity contribution in [3.63, 3.8) is 0 Å². The standard InChI is InChI=1S/C22H15N3O5/c1-13-5-4-8-18(25(29)30)19(13)21(26)24-17-7-3-2-6-16(17)20(23-24)14-9-11-15(12-10-14)22(27)28/h2-12H,1H3,(H-,27,28,29,30)/p+1. The van der Waals surface area contributed by atoms with Gasteiger partial charge in [0.2, 0.25) is 0 Å². The van der Waals surface area contributed by atoms with Gasteiger partial charge in [-0.25, -0.2) is 10.0 Å². The van der Waals surface area contributed by atoms with E-state index >= 15 is 0 Å². The van der Waals surface area contributed by atoms with Crippen molar-refractivity contribution in [3.8, 4) is 11.3 Å². The molecule has 0 aliphatic rings. The van der Waals surface area contributed by atoms with Crippen molar-refractivity contribution in [1.82, 2.24) is 9.78 Å². The first-order valence-electron chi connectivity index (χ1n) is 9.00. The molecule has 8 heteroatoms. The molecule has 0 spiro atoms. The van der Waals surface area contributed by atoms with Crippen molar-refractivity contribution >= 4 is 28.5 Å². The zero-order valence-electron chi connectivity index (χ0n) is 15.8. The molecule has 1 aromatic heterocycles. The van der Waals surface area contributed by atoms with Crippen molar-refractivity contribution in [2.75, 3.05) is 0 Å². The number of fused-ring (bicyclic) bond motifs is 1. The number of aryl methyl sites for hydroxylation is 1. The third-order valence-corrected chi connectivity index (χ3v) is 4.86. The van der Waals surface area contributed by atoms with Crippen LogP contribution >= 0.6 is 0 Å². The van der Waals surface area contributed by atoms with Crippen LogP contribution in [0.5, 0.6) is 0 Å². The minimum Gasteiger partial charge on any atom is -0.478 e. The lowest BCUT2D eigenvalue weighted by Gasteiger charge is -2.05. The molecule has 0 atom stereocenters. The van der Waals surface area contributed by atoms with Crippen LogP contribution < -0.4 is 0 Å². The van der Waals surface area contributed by atoms with Gasteiger partial charge in [-0.1, -0.05) is 42.5 Å². The molecule has 0 aliphatic carbocycles. The smallest absolute Gasteiger partial charge is 0.335 e. The maximum Gasteiger partial charge on any atom is 0.335 e. The second-order valence-corrected chi connectivity index (χ2v) is 6.71. The number of hydrogen-bond acceptors (Lipinski definition) is 4. The highest BCUT2D eigenvalue weighted by atomic mass is 16.6. The summed E-state index contributed by atoms with van der Waals surface area (Å²) in [4.78, 5) is 35.7. The van der Waals surface area contributed by atoms with Crippen molar-refractivity contribution in [3.05, 3.63) is 88.3 Å². The first kappa shape index (κ1) is 19.0. The van der Waals surface area contributed by atoms with E-state index in [9.17, 15) is 19.7 Å². The van der Waals surface area contributed by atoms with E-state index in [1.807, 2.05) is 0 Å². The minimum absolute atomic E-state index is 0.0380. The zero-order chi connectivity index (χ0) is 21.4. The topological polar surface area (TPSA) is 113 Å². The zero-order valence-corrected chi connectivity index (χ0v) is 15.8. The molecule has 0 fully saturated rings. The number of carbonyl (C=O) groups excluding carboxylic acids is 1. The maximum atomic E-state index is 13.3. The summed E-state index contributed by atoms with van der Waals surface area (Å²) in [5.74, 6) is -1.60. The Morgan fingerprint density at radius 1 is 0.967 bits per heavy atom. The monoisotopic (exact) mass is 402 g/mol. The number of carboxylic acids is 1. The van der Waals surface area contributed by atoms with E-state index in [0.717, 1.165) is 0 Å². The number of nitrogens with zero attached hydrogens (tertiary/aromatic N) is 3. The van der Waals surface area contributed by atoms with Crippen molar-refractivity contribution < 1.29 is 24.8 Å². The van der Waals surface area contributed by atoms with Gasteiger partial charge in [-0.2, -0.15) is 9.78 Å². The van der Waals surface area contributed by atoms with Crippen LogP contribution in [0.3, 0.4) is 0 Å². The summed E-state index contributed by atoms with van der Waals surface area (Å²) in [5.41, 5.74) is 2.17. The predicted molar refractivity (Wildman–Crippen MR) is 108 cm³/mol. The number of rotatable bonds is 4. The van der Waals surface area contributed by atoms with Gasteiger partial charge in [-0.05, 0) is 30.7 Å². The average Bonchev–Trinajstić information content (AvgIpc) is 3.13. The molecule has 2 N–H and O–H groups in total. The Bertz CT molecular complexity index is 1320. The molecule has 0 aliphatic heterocycles. The lowest BCUT2D eigenvalue weighted by molar-refractivity contribution is -0.729. The Balaban J connectivity index is 1.91. The molecule has 0 bridgehead atoms. The first-order chi connectivity index (χ1) is 14.4. The van der Waals surface area contributed by atoms with Gasteiger partial charge in [0.05, 0.1) is 16.0 Å².